The average Bonchev–Trinajstić information content (AvgIpc) is 3.12. The smallest absolute Gasteiger partial charge is 0.141 e. The van der Waals surface area contributed by atoms with Crippen molar-refractivity contribution >= 4 is 23.4 Å². The quantitative estimate of drug-likeness (QED) is 0.323. The van der Waals surface area contributed by atoms with Crippen molar-refractivity contribution in [2.45, 2.75) is 29.2 Å². The molecule has 0 aliphatic carbocycles. The molecule has 0 saturated carbocycles. The third-order valence-electron chi connectivity index (χ3n) is 5.26. The highest BCUT2D eigenvalue weighted by atomic mass is 35.5. The first-order chi connectivity index (χ1) is 14.9. The number of nitrogens with zero attached hydrogens (tertiary/aromatic N) is 3. The normalized spacial score (nSPS) is 11.3. The summed E-state index contributed by atoms with van der Waals surface area (Å²) < 4.78 is 2.14. The highest BCUT2D eigenvalue weighted by Crippen LogP contribution is 2.39. The molecule has 0 saturated heterocycles. The van der Waals surface area contributed by atoms with Crippen molar-refractivity contribution in [1.29, 1.82) is 5.26 Å². The predicted octanol–water partition coefficient (Wildman–Crippen LogP) is 7.36. The molecule has 31 heavy (non-hydrogen) atoms. The molecule has 0 unspecified atom stereocenters. The molecule has 0 fully saturated rings. The predicted molar refractivity (Wildman–Crippen MR) is 128 cm³/mol. The van der Waals surface area contributed by atoms with E-state index in [1.165, 1.54) is 0 Å². The van der Waals surface area contributed by atoms with E-state index in [0.717, 1.165) is 43.2 Å². The molecule has 0 N–H and O–H groups in total. The highest BCUT2D eigenvalue weighted by Gasteiger charge is 2.22. The molecular formula is C26H22ClN3S. The van der Waals surface area contributed by atoms with Crippen molar-refractivity contribution in [1.82, 2.24) is 9.55 Å². The van der Waals surface area contributed by atoms with Gasteiger partial charge in [-0.3, -0.25) is 0 Å². The number of benzene rings is 3. The van der Waals surface area contributed by atoms with E-state index >= 15 is 0 Å². The number of imidazole rings is 1. The molecule has 4 rings (SSSR count). The van der Waals surface area contributed by atoms with Gasteiger partial charge in [-0.15, -0.1) is 0 Å². The van der Waals surface area contributed by atoms with Crippen molar-refractivity contribution < 1.29 is 0 Å². The van der Waals surface area contributed by atoms with Gasteiger partial charge in [0.2, 0.25) is 0 Å². The van der Waals surface area contributed by atoms with E-state index < -0.39 is 5.41 Å². The van der Waals surface area contributed by atoms with Crippen LogP contribution in [0.3, 0.4) is 0 Å². The second kappa shape index (κ2) is 8.63. The maximum Gasteiger partial charge on any atom is 0.141 e. The van der Waals surface area contributed by atoms with Crippen LogP contribution in [0.2, 0.25) is 5.02 Å². The minimum Gasteiger partial charge on any atom is -0.322 e. The Bertz CT molecular complexity index is 1240. The monoisotopic (exact) mass is 443 g/mol. The van der Waals surface area contributed by atoms with Gasteiger partial charge < -0.3 is 4.57 Å². The summed E-state index contributed by atoms with van der Waals surface area (Å²) in [5.41, 5.74) is 3.47. The van der Waals surface area contributed by atoms with Gasteiger partial charge in [-0.2, -0.15) is 5.26 Å². The summed E-state index contributed by atoms with van der Waals surface area (Å²) in [6.45, 7) is 3.86. The van der Waals surface area contributed by atoms with Gasteiger partial charge in [0.15, 0.2) is 0 Å². The molecule has 5 heteroatoms. The summed E-state index contributed by atoms with van der Waals surface area (Å²) in [5, 5.41) is 11.2. The third-order valence-corrected chi connectivity index (χ3v) is 6.68. The van der Waals surface area contributed by atoms with Crippen molar-refractivity contribution in [3.05, 3.63) is 89.4 Å². The van der Waals surface area contributed by atoms with Gasteiger partial charge in [-0.25, -0.2) is 4.98 Å². The molecule has 0 aliphatic rings. The first kappa shape index (κ1) is 21.2. The van der Waals surface area contributed by atoms with E-state index in [4.69, 9.17) is 16.6 Å². The minimum absolute atomic E-state index is 0.529. The van der Waals surface area contributed by atoms with E-state index in [9.17, 15) is 5.26 Å². The third kappa shape index (κ3) is 4.39. The molecule has 154 valence electrons. The number of hydrogen-bond acceptors (Lipinski definition) is 3. The maximum absolute atomic E-state index is 9.45. The molecule has 0 aliphatic heterocycles. The average molecular weight is 444 g/mol. The Morgan fingerprint density at radius 2 is 1.55 bits per heavy atom. The summed E-state index contributed by atoms with van der Waals surface area (Å²) >= 11 is 7.73. The van der Waals surface area contributed by atoms with Gasteiger partial charge in [0.1, 0.15) is 16.5 Å². The van der Waals surface area contributed by atoms with Gasteiger partial charge in [-0.1, -0.05) is 78.0 Å². The Morgan fingerprint density at radius 3 is 2.16 bits per heavy atom. The van der Waals surface area contributed by atoms with E-state index in [2.05, 4.69) is 34.9 Å². The molecule has 1 heterocycles. The molecule has 1 aromatic heterocycles. The van der Waals surface area contributed by atoms with Crippen LogP contribution in [0, 0.1) is 11.3 Å². The zero-order valence-corrected chi connectivity index (χ0v) is 19.2. The Labute approximate surface area is 192 Å². The van der Waals surface area contributed by atoms with Crippen LogP contribution >= 0.6 is 23.4 Å². The van der Waals surface area contributed by atoms with Crippen LogP contribution in [0.1, 0.15) is 19.4 Å². The SMILES string of the molecule is Cn1c(-c2ccccc2)nc(-c2ccc(C(C)(C)C#N)cc2)c1Sc1ccc(Cl)cc1. The minimum atomic E-state index is -0.529. The lowest BCUT2D eigenvalue weighted by atomic mass is 9.86. The van der Waals surface area contributed by atoms with Crippen LogP contribution in [0.15, 0.2) is 88.8 Å². The van der Waals surface area contributed by atoms with Crippen LogP contribution in [0.4, 0.5) is 0 Å². The lowest BCUT2D eigenvalue weighted by Crippen LogP contribution is -2.13. The summed E-state index contributed by atoms with van der Waals surface area (Å²) in [4.78, 5) is 6.12. The number of hydrogen-bond donors (Lipinski definition) is 0. The maximum atomic E-state index is 9.45. The van der Waals surface area contributed by atoms with Crippen molar-refractivity contribution in [3.63, 3.8) is 0 Å². The Kier molecular flexibility index (Phi) is 5.91. The molecule has 3 nitrogen and oxygen atoms in total. The fraction of sp³-hybridized carbons (Fsp3) is 0.154. The number of halogens is 1. The molecule has 4 aromatic rings. The fourth-order valence-electron chi connectivity index (χ4n) is 3.36. The number of rotatable bonds is 5. The van der Waals surface area contributed by atoms with E-state index in [-0.39, 0.29) is 0 Å². The summed E-state index contributed by atoms with van der Waals surface area (Å²) in [6.07, 6.45) is 0. The molecule has 0 spiro atoms. The molecule has 0 atom stereocenters. The van der Waals surface area contributed by atoms with Crippen molar-refractivity contribution in [3.8, 4) is 28.7 Å². The molecule has 0 radical (unpaired) electrons. The summed E-state index contributed by atoms with van der Waals surface area (Å²) in [6, 6.07) is 28.5. The first-order valence-electron chi connectivity index (χ1n) is 9.97. The largest absolute Gasteiger partial charge is 0.322 e. The van der Waals surface area contributed by atoms with Gasteiger partial charge in [0, 0.05) is 28.1 Å². The lowest BCUT2D eigenvalue weighted by molar-refractivity contribution is 0.687. The number of aromatic nitrogens is 2. The Hall–Kier alpha value is -3.00. The first-order valence-corrected chi connectivity index (χ1v) is 11.2. The van der Waals surface area contributed by atoms with Gasteiger partial charge in [-0.05, 0) is 43.7 Å². The highest BCUT2D eigenvalue weighted by molar-refractivity contribution is 7.99. The lowest BCUT2D eigenvalue weighted by Gasteiger charge is -2.16. The van der Waals surface area contributed by atoms with E-state index in [1.807, 2.05) is 75.5 Å². The van der Waals surface area contributed by atoms with Crippen molar-refractivity contribution in [2.75, 3.05) is 0 Å². The summed E-state index contributed by atoms with van der Waals surface area (Å²) in [5.74, 6) is 0.911. The zero-order valence-electron chi connectivity index (χ0n) is 17.6. The van der Waals surface area contributed by atoms with Gasteiger partial charge in [0.05, 0.1) is 11.5 Å². The van der Waals surface area contributed by atoms with E-state index in [0.29, 0.717) is 0 Å². The fourth-order valence-corrected chi connectivity index (χ4v) is 4.46. The van der Waals surface area contributed by atoms with Crippen LogP contribution in [0.5, 0.6) is 0 Å². The summed E-state index contributed by atoms with van der Waals surface area (Å²) in [7, 11) is 2.05. The van der Waals surface area contributed by atoms with Crippen LogP contribution in [-0.4, -0.2) is 9.55 Å². The number of nitriles is 1. The second-order valence-electron chi connectivity index (χ2n) is 7.88. The second-order valence-corrected chi connectivity index (χ2v) is 9.38. The standard InChI is InChI=1S/C26H22ClN3S/c1-26(2,17-28)20-11-9-18(10-12-20)23-25(31-22-15-13-21(27)14-16-22)30(3)24(29-23)19-7-5-4-6-8-19/h4-16H,1-3H3. The van der Waals surface area contributed by atoms with E-state index in [1.54, 1.807) is 11.8 Å². The van der Waals surface area contributed by atoms with Crippen LogP contribution in [0.25, 0.3) is 22.6 Å². The Morgan fingerprint density at radius 1 is 0.903 bits per heavy atom. The zero-order chi connectivity index (χ0) is 22.0. The van der Waals surface area contributed by atoms with Gasteiger partial charge in [0.25, 0.3) is 0 Å². The molecule has 3 aromatic carbocycles. The molecule has 0 amide bonds. The van der Waals surface area contributed by atoms with Crippen LogP contribution < -0.4 is 0 Å². The van der Waals surface area contributed by atoms with Gasteiger partial charge >= 0.3 is 0 Å². The van der Waals surface area contributed by atoms with Crippen LogP contribution in [-0.2, 0) is 12.5 Å². The molecular weight excluding hydrogens is 422 g/mol. The van der Waals surface area contributed by atoms with Crippen molar-refractivity contribution in [2.24, 2.45) is 7.05 Å². The molecule has 0 bridgehead atoms. The topological polar surface area (TPSA) is 41.6 Å². The Balaban J connectivity index is 1.82.